The van der Waals surface area contributed by atoms with Crippen LogP contribution in [0.25, 0.3) is 5.57 Å². The van der Waals surface area contributed by atoms with E-state index in [0.717, 1.165) is 36.8 Å². The minimum atomic E-state index is -3.90. The third-order valence-corrected chi connectivity index (χ3v) is 9.31. The molecule has 8 nitrogen and oxygen atoms in total. The first-order valence-electron chi connectivity index (χ1n) is 13.0. The van der Waals surface area contributed by atoms with E-state index < -0.39 is 22.2 Å². The molecule has 0 fully saturated rings. The summed E-state index contributed by atoms with van der Waals surface area (Å²) in [4.78, 5) is 18.8. The zero-order valence-corrected chi connectivity index (χ0v) is 22.7. The molecule has 0 saturated heterocycles. The summed E-state index contributed by atoms with van der Waals surface area (Å²) in [6.45, 7) is 3.81. The molecule has 0 bridgehead atoms. The number of allylic oxidation sites excluding steroid dienone is 2. The molecule has 0 radical (unpaired) electrons. The smallest absolute Gasteiger partial charge is 0.247 e. The number of rotatable bonds is 7. The van der Waals surface area contributed by atoms with Crippen molar-refractivity contribution in [2.45, 2.75) is 63.0 Å². The fraction of sp³-hybridized carbons (Fsp3) is 0.500. The van der Waals surface area contributed by atoms with Gasteiger partial charge in [-0.25, -0.2) is 8.42 Å². The summed E-state index contributed by atoms with van der Waals surface area (Å²) < 4.78 is 35.2. The Balaban J connectivity index is 1.67. The largest absolute Gasteiger partial charge is 0.487 e. The first kappa shape index (κ1) is 27.3. The van der Waals surface area contributed by atoms with E-state index in [9.17, 15) is 18.3 Å². The van der Waals surface area contributed by atoms with Crippen molar-refractivity contribution in [3.63, 3.8) is 0 Å². The molecule has 0 unspecified atom stereocenters. The second-order valence-corrected chi connectivity index (χ2v) is 12.0. The van der Waals surface area contributed by atoms with E-state index in [-0.39, 0.29) is 36.3 Å². The highest BCUT2D eigenvalue weighted by Crippen LogP contribution is 2.37. The number of ether oxygens (including phenoxy) is 1. The fourth-order valence-corrected chi connectivity index (χ4v) is 6.75. The standard InChI is InChI=1S/C28H37N3O5S/c1-20-17-31(21(2)19-32)37(34,35)27-12-11-24(23-9-5-4-6-10-23)15-25(27)36-26(20)18-30(3)28(33)14-22-8-7-13-29-16-22/h7-9,11-13,15-16,20-21,26,32H,4-6,10,14,17-19H2,1-3H3/t20-,21-,26-/m0/s1. The van der Waals surface area contributed by atoms with E-state index >= 15 is 0 Å². The number of sulfonamides is 1. The van der Waals surface area contributed by atoms with Gasteiger partial charge in [0.1, 0.15) is 16.7 Å². The molecule has 4 rings (SSSR count). The highest BCUT2D eigenvalue weighted by molar-refractivity contribution is 7.89. The Morgan fingerprint density at radius 3 is 2.78 bits per heavy atom. The Morgan fingerprint density at radius 2 is 2.11 bits per heavy atom. The quantitative estimate of drug-likeness (QED) is 0.592. The molecule has 1 aromatic carbocycles. The van der Waals surface area contributed by atoms with Crippen LogP contribution < -0.4 is 4.74 Å². The lowest BCUT2D eigenvalue weighted by molar-refractivity contribution is -0.130. The molecule has 9 heteroatoms. The Bertz CT molecular complexity index is 1230. The molecule has 37 heavy (non-hydrogen) atoms. The molecule has 200 valence electrons. The molecule has 1 aromatic heterocycles. The minimum absolute atomic E-state index is 0.0691. The SMILES string of the molecule is C[C@H]1CN([C@@H](C)CO)S(=O)(=O)c2ccc(C3=CCCCC3)cc2O[C@H]1CN(C)C(=O)Cc1cccnc1. The molecule has 3 atom stereocenters. The van der Waals surface area contributed by atoms with Gasteiger partial charge in [-0.2, -0.15) is 4.31 Å². The molecular weight excluding hydrogens is 490 g/mol. The normalized spacial score (nSPS) is 22.5. The third kappa shape index (κ3) is 6.22. The summed E-state index contributed by atoms with van der Waals surface area (Å²) in [6.07, 6.45) is 9.57. The van der Waals surface area contributed by atoms with Crippen LogP contribution >= 0.6 is 0 Å². The predicted molar refractivity (Wildman–Crippen MR) is 142 cm³/mol. The maximum absolute atomic E-state index is 13.7. The van der Waals surface area contributed by atoms with E-state index in [1.807, 2.05) is 25.1 Å². The monoisotopic (exact) mass is 527 g/mol. The summed E-state index contributed by atoms with van der Waals surface area (Å²) >= 11 is 0. The van der Waals surface area contributed by atoms with Crippen molar-refractivity contribution in [2.24, 2.45) is 5.92 Å². The van der Waals surface area contributed by atoms with Gasteiger partial charge in [-0.05, 0) is 67.5 Å². The number of amides is 1. The number of pyridine rings is 1. The van der Waals surface area contributed by atoms with E-state index in [1.54, 1.807) is 43.4 Å². The van der Waals surface area contributed by atoms with Crippen LogP contribution in [0.4, 0.5) is 0 Å². The van der Waals surface area contributed by atoms with Crippen LogP contribution in [0.5, 0.6) is 5.75 Å². The molecular formula is C28H37N3O5S. The van der Waals surface area contributed by atoms with E-state index in [0.29, 0.717) is 12.3 Å². The van der Waals surface area contributed by atoms with Crippen LogP contribution in [0, 0.1) is 5.92 Å². The summed E-state index contributed by atoms with van der Waals surface area (Å²) in [5.74, 6) is -0.00714. The topological polar surface area (TPSA) is 100 Å². The van der Waals surface area contributed by atoms with Crippen molar-refractivity contribution in [3.8, 4) is 5.75 Å². The molecule has 0 saturated carbocycles. The van der Waals surface area contributed by atoms with Gasteiger partial charge in [0.05, 0.1) is 19.6 Å². The molecule has 1 aliphatic carbocycles. The molecule has 1 aliphatic heterocycles. The summed E-state index contributed by atoms with van der Waals surface area (Å²) in [5, 5.41) is 9.85. The zero-order chi connectivity index (χ0) is 26.6. The van der Waals surface area contributed by atoms with Gasteiger partial charge in [0.15, 0.2) is 0 Å². The first-order chi connectivity index (χ1) is 17.7. The maximum atomic E-state index is 13.7. The lowest BCUT2D eigenvalue weighted by Gasteiger charge is -2.37. The number of hydrogen-bond donors (Lipinski definition) is 1. The molecule has 0 spiro atoms. The number of carbonyl (C=O) groups is 1. The van der Waals surface area contributed by atoms with Crippen molar-refractivity contribution in [1.82, 2.24) is 14.2 Å². The van der Waals surface area contributed by atoms with E-state index in [4.69, 9.17) is 4.74 Å². The Morgan fingerprint density at radius 1 is 1.30 bits per heavy atom. The minimum Gasteiger partial charge on any atom is -0.487 e. The second-order valence-electron chi connectivity index (χ2n) is 10.2. The summed E-state index contributed by atoms with van der Waals surface area (Å²) in [6, 6.07) is 8.37. The Kier molecular flexibility index (Phi) is 8.67. The van der Waals surface area contributed by atoms with Gasteiger partial charge in [-0.3, -0.25) is 9.78 Å². The molecule has 1 amide bonds. The van der Waals surface area contributed by atoms with Gasteiger partial charge in [-0.15, -0.1) is 0 Å². The Labute approximate surface area is 220 Å². The number of nitrogens with zero attached hydrogens (tertiary/aromatic N) is 3. The molecule has 2 aliphatic rings. The highest BCUT2D eigenvalue weighted by Gasteiger charge is 2.38. The van der Waals surface area contributed by atoms with Crippen LogP contribution in [0.15, 0.2) is 53.7 Å². The summed E-state index contributed by atoms with van der Waals surface area (Å²) in [5.41, 5.74) is 2.99. The number of aliphatic hydroxyl groups is 1. The molecule has 1 N–H and O–H groups in total. The number of likely N-dealkylation sites (N-methyl/N-ethyl adjacent to an activating group) is 1. The van der Waals surface area contributed by atoms with E-state index in [1.165, 1.54) is 9.88 Å². The Hall–Kier alpha value is -2.75. The highest BCUT2D eigenvalue weighted by atomic mass is 32.2. The number of fused-ring (bicyclic) bond motifs is 1. The lowest BCUT2D eigenvalue weighted by Crippen LogP contribution is -2.50. The van der Waals surface area contributed by atoms with Gasteiger partial charge in [0, 0.05) is 37.9 Å². The number of aliphatic hydroxyl groups excluding tert-OH is 1. The number of aromatic nitrogens is 1. The fourth-order valence-electron chi connectivity index (χ4n) is 4.93. The van der Waals surface area contributed by atoms with Crippen molar-refractivity contribution in [1.29, 1.82) is 0 Å². The van der Waals surface area contributed by atoms with E-state index in [2.05, 4.69) is 11.1 Å². The lowest BCUT2D eigenvalue weighted by atomic mass is 9.93. The van der Waals surface area contributed by atoms with Crippen LogP contribution in [0.2, 0.25) is 0 Å². The van der Waals surface area contributed by atoms with Crippen LogP contribution in [0.3, 0.4) is 0 Å². The maximum Gasteiger partial charge on any atom is 0.247 e. The average Bonchev–Trinajstić information content (AvgIpc) is 2.91. The average molecular weight is 528 g/mol. The van der Waals surface area contributed by atoms with Crippen molar-refractivity contribution in [3.05, 3.63) is 59.9 Å². The summed E-state index contributed by atoms with van der Waals surface area (Å²) in [7, 11) is -2.16. The van der Waals surface area contributed by atoms with Gasteiger partial charge >= 0.3 is 0 Å². The van der Waals surface area contributed by atoms with Gasteiger partial charge < -0.3 is 14.7 Å². The zero-order valence-electron chi connectivity index (χ0n) is 21.8. The molecule has 2 aromatic rings. The van der Waals surface area contributed by atoms with Crippen molar-refractivity contribution >= 4 is 21.5 Å². The third-order valence-electron chi connectivity index (χ3n) is 7.29. The number of hydrogen-bond acceptors (Lipinski definition) is 6. The van der Waals surface area contributed by atoms with Crippen LogP contribution in [0.1, 0.15) is 50.7 Å². The van der Waals surface area contributed by atoms with Crippen LogP contribution in [-0.4, -0.2) is 72.5 Å². The van der Waals surface area contributed by atoms with Crippen molar-refractivity contribution in [2.75, 3.05) is 26.7 Å². The van der Waals surface area contributed by atoms with Gasteiger partial charge in [-0.1, -0.05) is 25.1 Å². The number of carbonyl (C=O) groups excluding carboxylic acids is 1. The second kappa shape index (κ2) is 11.8. The van der Waals surface area contributed by atoms with Gasteiger partial charge in [0.25, 0.3) is 0 Å². The first-order valence-corrected chi connectivity index (χ1v) is 14.4. The van der Waals surface area contributed by atoms with Crippen molar-refractivity contribution < 1.29 is 23.1 Å². The molecule has 2 heterocycles. The number of benzene rings is 1. The van der Waals surface area contributed by atoms with Crippen LogP contribution in [-0.2, 0) is 21.2 Å². The predicted octanol–water partition coefficient (Wildman–Crippen LogP) is 3.51. The van der Waals surface area contributed by atoms with Gasteiger partial charge in [0.2, 0.25) is 15.9 Å².